The quantitative estimate of drug-likeness (QED) is 0.0627. The normalized spacial score (nSPS) is 13.6. The Labute approximate surface area is 256 Å². The molecule has 0 radical (unpaired) electrons. The maximum absolute atomic E-state index is 12.0. The summed E-state index contributed by atoms with van der Waals surface area (Å²) in [6.07, 6.45) is 2.02. The Hall–Kier alpha value is -3.73. The summed E-state index contributed by atoms with van der Waals surface area (Å²) in [5.41, 5.74) is 23.1. The first-order valence-corrected chi connectivity index (χ1v) is 16.8. The molecule has 42 heavy (non-hydrogen) atoms. The zero-order valence-electron chi connectivity index (χ0n) is 21.6. The van der Waals surface area contributed by atoms with E-state index in [9.17, 15) is 18.0 Å². The lowest BCUT2D eigenvalue weighted by Crippen LogP contribution is -2.35. The van der Waals surface area contributed by atoms with Crippen molar-refractivity contribution in [3.05, 3.63) is 34.3 Å². The van der Waals surface area contributed by atoms with Gasteiger partial charge >= 0.3 is 22.1 Å². The van der Waals surface area contributed by atoms with E-state index in [4.69, 9.17) is 33.1 Å². The van der Waals surface area contributed by atoms with E-state index in [-0.39, 0.29) is 11.9 Å². The number of rotatable bonds is 14. The van der Waals surface area contributed by atoms with Crippen molar-refractivity contribution in [2.75, 3.05) is 11.5 Å². The number of aliphatic imine (C=N–C) groups is 2. The third-order valence-corrected chi connectivity index (χ3v) is 8.56. The summed E-state index contributed by atoms with van der Waals surface area (Å²) in [5, 5.41) is 23.4. The number of hydrogen-bond donors (Lipinski definition) is 7. The monoisotopic (exact) mass is 677 g/mol. The molecule has 0 bridgehead atoms. The average Bonchev–Trinajstić information content (AvgIpc) is 3.51. The SMILES string of the molecule is NC(N)=Nc1nc(CSCCC2=NS(=O)(=O)N=C(CCSCc3csc(N=C(N)N)n3)N2)cs1.O=C(O)/C=C/C(=O)O. The van der Waals surface area contributed by atoms with E-state index in [1.807, 2.05) is 10.8 Å². The zero-order chi connectivity index (χ0) is 31.1. The van der Waals surface area contributed by atoms with Crippen molar-refractivity contribution in [3.8, 4) is 0 Å². The third kappa shape index (κ3) is 14.8. The molecule has 3 rings (SSSR count). The first-order valence-electron chi connectivity index (χ1n) is 11.4. The summed E-state index contributed by atoms with van der Waals surface area (Å²) < 4.78 is 31.5. The summed E-state index contributed by atoms with van der Waals surface area (Å²) in [7, 11) is -3.88. The molecule has 17 nitrogen and oxygen atoms in total. The van der Waals surface area contributed by atoms with Crippen LogP contribution in [0.25, 0.3) is 0 Å². The van der Waals surface area contributed by atoms with Crippen molar-refractivity contribution in [2.45, 2.75) is 24.3 Å². The summed E-state index contributed by atoms with van der Waals surface area (Å²) >= 11 is 5.90. The zero-order valence-corrected chi connectivity index (χ0v) is 25.7. The van der Waals surface area contributed by atoms with Crippen molar-refractivity contribution in [2.24, 2.45) is 41.7 Å². The molecule has 0 aliphatic carbocycles. The van der Waals surface area contributed by atoms with E-state index in [2.05, 4.69) is 34.1 Å². The molecule has 1 aliphatic heterocycles. The Morgan fingerprint density at radius 2 is 1.24 bits per heavy atom. The van der Waals surface area contributed by atoms with Crippen LogP contribution in [0, 0.1) is 0 Å². The van der Waals surface area contributed by atoms with Crippen LogP contribution < -0.4 is 28.3 Å². The van der Waals surface area contributed by atoms with E-state index >= 15 is 0 Å². The van der Waals surface area contributed by atoms with E-state index in [1.54, 1.807) is 23.5 Å². The number of thioether (sulfide) groups is 2. The summed E-state index contributed by atoms with van der Waals surface area (Å²) in [6.45, 7) is 0. The van der Waals surface area contributed by atoms with Crippen LogP contribution in [0.4, 0.5) is 10.3 Å². The van der Waals surface area contributed by atoms with Crippen LogP contribution in [0.2, 0.25) is 0 Å². The molecular weight excluding hydrogens is 651 g/mol. The number of hydrogen-bond acceptors (Lipinski definition) is 13. The fourth-order valence-electron chi connectivity index (χ4n) is 2.61. The van der Waals surface area contributed by atoms with Crippen LogP contribution in [0.15, 0.2) is 41.7 Å². The van der Waals surface area contributed by atoms with E-state index in [1.165, 1.54) is 22.7 Å². The van der Waals surface area contributed by atoms with E-state index < -0.39 is 22.1 Å². The van der Waals surface area contributed by atoms with Crippen LogP contribution in [-0.2, 0) is 31.3 Å². The topological polar surface area (TPSA) is 300 Å². The van der Waals surface area contributed by atoms with E-state index in [0.29, 0.717) is 69.9 Å². The van der Waals surface area contributed by atoms with Crippen LogP contribution in [0.3, 0.4) is 0 Å². The van der Waals surface area contributed by atoms with Crippen molar-refractivity contribution >= 4 is 102 Å². The second-order valence-corrected chi connectivity index (χ2v) is 12.7. The summed E-state index contributed by atoms with van der Waals surface area (Å²) in [4.78, 5) is 35.5. The van der Waals surface area contributed by atoms with Crippen molar-refractivity contribution in [1.82, 2.24) is 15.3 Å². The Kier molecular flexibility index (Phi) is 14.2. The molecule has 0 unspecified atom stereocenters. The fourth-order valence-corrected chi connectivity index (χ4v) is 6.78. The van der Waals surface area contributed by atoms with Gasteiger partial charge in [-0.15, -0.1) is 31.5 Å². The van der Waals surface area contributed by atoms with Gasteiger partial charge in [0.25, 0.3) is 0 Å². The molecule has 228 valence electrons. The average molecular weight is 678 g/mol. The van der Waals surface area contributed by atoms with Crippen LogP contribution >= 0.6 is 46.2 Å². The minimum atomic E-state index is -3.88. The number of nitrogens with one attached hydrogen (secondary N) is 1. The molecule has 0 amide bonds. The molecule has 0 saturated heterocycles. The Morgan fingerprint density at radius 1 is 0.833 bits per heavy atom. The summed E-state index contributed by atoms with van der Waals surface area (Å²) in [5.74, 6) is 0.775. The lowest BCUT2D eigenvalue weighted by atomic mass is 10.4. The number of thiazole rings is 2. The first-order chi connectivity index (χ1) is 19.8. The number of guanidine groups is 2. The molecule has 0 aromatic carbocycles. The Morgan fingerprint density at radius 3 is 1.60 bits per heavy atom. The number of aromatic nitrogens is 2. The number of carbonyl (C=O) groups is 2. The minimum absolute atomic E-state index is 0.0351. The maximum atomic E-state index is 12.0. The van der Waals surface area contributed by atoms with Gasteiger partial charge in [0, 0.05) is 58.8 Å². The van der Waals surface area contributed by atoms with E-state index in [0.717, 1.165) is 11.4 Å². The van der Waals surface area contributed by atoms with Crippen molar-refractivity contribution < 1.29 is 28.2 Å². The predicted molar refractivity (Wildman–Crippen MR) is 168 cm³/mol. The highest BCUT2D eigenvalue weighted by Crippen LogP contribution is 2.23. The van der Waals surface area contributed by atoms with Gasteiger partial charge in [0.05, 0.1) is 11.4 Å². The number of nitrogens with zero attached hydrogens (tertiary/aromatic N) is 6. The molecule has 0 atom stereocenters. The minimum Gasteiger partial charge on any atom is -0.478 e. The number of amidine groups is 2. The molecular formula is C20H27N11O6S5. The lowest BCUT2D eigenvalue weighted by Gasteiger charge is -2.15. The van der Waals surface area contributed by atoms with Crippen LogP contribution in [-0.4, -0.2) is 75.6 Å². The lowest BCUT2D eigenvalue weighted by molar-refractivity contribution is -0.134. The van der Waals surface area contributed by atoms with Crippen molar-refractivity contribution in [1.29, 1.82) is 0 Å². The van der Waals surface area contributed by atoms with Crippen LogP contribution in [0.5, 0.6) is 0 Å². The van der Waals surface area contributed by atoms with Gasteiger partial charge in [-0.3, -0.25) is 0 Å². The Bertz CT molecular complexity index is 1390. The smallest absolute Gasteiger partial charge is 0.366 e. The van der Waals surface area contributed by atoms with Gasteiger partial charge in [-0.25, -0.2) is 19.6 Å². The predicted octanol–water partition coefficient (Wildman–Crippen LogP) is 0.713. The van der Waals surface area contributed by atoms with Gasteiger partial charge in [0.2, 0.25) is 10.3 Å². The molecule has 11 N–H and O–H groups in total. The molecule has 0 fully saturated rings. The number of carboxylic acid groups (broad SMARTS) is 2. The highest BCUT2D eigenvalue weighted by atomic mass is 32.2. The van der Waals surface area contributed by atoms with Gasteiger partial charge < -0.3 is 38.5 Å². The number of nitrogens with two attached hydrogens (primary N) is 4. The molecule has 3 heterocycles. The molecule has 22 heteroatoms. The number of carboxylic acids is 2. The molecule has 1 aliphatic rings. The summed E-state index contributed by atoms with van der Waals surface area (Å²) in [6, 6.07) is 0. The molecule has 0 spiro atoms. The van der Waals surface area contributed by atoms with Crippen LogP contribution in [0.1, 0.15) is 24.2 Å². The second-order valence-electron chi connectivity index (χ2n) is 7.58. The molecule has 2 aromatic rings. The largest absolute Gasteiger partial charge is 0.478 e. The van der Waals surface area contributed by atoms with Crippen molar-refractivity contribution in [3.63, 3.8) is 0 Å². The first kappa shape index (κ1) is 34.5. The highest BCUT2D eigenvalue weighted by Gasteiger charge is 2.19. The van der Waals surface area contributed by atoms with Gasteiger partial charge in [-0.2, -0.15) is 41.9 Å². The third-order valence-electron chi connectivity index (χ3n) is 4.10. The highest BCUT2D eigenvalue weighted by molar-refractivity contribution is 7.98. The van der Waals surface area contributed by atoms with Gasteiger partial charge in [0.1, 0.15) is 11.7 Å². The fraction of sp³-hybridized carbons (Fsp3) is 0.300. The standard InChI is InChI=1S/C16H23N11O2S5.C4H4O4/c17-13(18)24-15-21-9(7-32-15)5-30-3-1-11-23-12(27-34(28,29)26-11)2-4-31-6-10-8-33-16(22-10)25-14(19)20;5-3(6)1-2-4(7)8/h7-8H,1-6H2,(H,23,26,27)(H4,17,18,21,24)(H4,19,20,22,25);1-2H,(H,5,6)(H,7,8)/b;2-1+. The number of aliphatic carboxylic acids is 2. The van der Waals surface area contributed by atoms with Gasteiger partial charge in [-0.1, -0.05) is 0 Å². The second kappa shape index (κ2) is 17.3. The van der Waals surface area contributed by atoms with Gasteiger partial charge in [0.15, 0.2) is 11.9 Å². The van der Waals surface area contributed by atoms with Gasteiger partial charge in [-0.05, 0) is 0 Å². The molecule has 2 aromatic heterocycles. The molecule has 0 saturated carbocycles. The maximum Gasteiger partial charge on any atom is 0.366 e. The Balaban J connectivity index is 0.000000675.